The van der Waals surface area contributed by atoms with Crippen LogP contribution in [0.15, 0.2) is 30.3 Å². The van der Waals surface area contributed by atoms with Crippen molar-refractivity contribution in [2.24, 2.45) is 0 Å². The molecule has 0 aromatic heterocycles. The van der Waals surface area contributed by atoms with Crippen LogP contribution >= 0.6 is 11.6 Å². The number of ether oxygens (including phenoxy) is 2. The van der Waals surface area contributed by atoms with E-state index in [4.69, 9.17) is 21.1 Å². The maximum Gasteiger partial charge on any atom is 0.377 e. The lowest BCUT2D eigenvalue weighted by atomic mass is 10.1. The standard InChI is InChI=1S/C13H15ClF2O2/c1-2-17-12(13(14,15)16)11(18-12)9-8-10-6-4-3-5-7-10/h3-7,11H,2,8-9H2,1H3/t11-,12+/m0/s1. The number of epoxide rings is 1. The van der Waals surface area contributed by atoms with Crippen molar-refractivity contribution < 1.29 is 18.3 Å². The summed E-state index contributed by atoms with van der Waals surface area (Å²) in [6, 6.07) is 9.63. The molecule has 1 heterocycles. The summed E-state index contributed by atoms with van der Waals surface area (Å²) in [7, 11) is 0. The van der Waals surface area contributed by atoms with E-state index >= 15 is 0 Å². The fourth-order valence-electron chi connectivity index (χ4n) is 2.04. The molecule has 1 saturated heterocycles. The SMILES string of the molecule is CCO[C@@]1(C(F)(F)Cl)O[C@H]1CCc1ccccc1. The highest BCUT2D eigenvalue weighted by Crippen LogP contribution is 2.53. The summed E-state index contributed by atoms with van der Waals surface area (Å²) in [4.78, 5) is 0. The van der Waals surface area contributed by atoms with Crippen LogP contribution in [0.5, 0.6) is 0 Å². The van der Waals surface area contributed by atoms with Crippen LogP contribution in [0.2, 0.25) is 0 Å². The van der Waals surface area contributed by atoms with Crippen molar-refractivity contribution in [1.82, 2.24) is 0 Å². The molecular formula is C13H15ClF2O2. The van der Waals surface area contributed by atoms with Gasteiger partial charge < -0.3 is 9.47 Å². The Morgan fingerprint density at radius 1 is 1.39 bits per heavy atom. The normalized spacial score (nSPS) is 27.2. The van der Waals surface area contributed by atoms with Gasteiger partial charge in [0.05, 0.1) is 0 Å². The summed E-state index contributed by atoms with van der Waals surface area (Å²) in [5.74, 6) is -1.93. The Balaban J connectivity index is 1.93. The van der Waals surface area contributed by atoms with Gasteiger partial charge in [0.2, 0.25) is 0 Å². The summed E-state index contributed by atoms with van der Waals surface area (Å²) < 4.78 is 36.5. The fraction of sp³-hybridized carbons (Fsp3) is 0.538. The Morgan fingerprint density at radius 3 is 2.61 bits per heavy atom. The molecular weight excluding hydrogens is 262 g/mol. The van der Waals surface area contributed by atoms with Crippen LogP contribution in [-0.4, -0.2) is 23.9 Å². The Kier molecular flexibility index (Phi) is 3.90. The molecule has 100 valence electrons. The van der Waals surface area contributed by atoms with Crippen LogP contribution in [0.4, 0.5) is 8.78 Å². The number of aryl methyl sites for hydroxylation is 1. The maximum absolute atomic E-state index is 13.2. The largest absolute Gasteiger partial charge is 0.377 e. The van der Waals surface area contributed by atoms with E-state index in [0.29, 0.717) is 12.8 Å². The second-order valence-corrected chi connectivity index (χ2v) is 4.70. The van der Waals surface area contributed by atoms with E-state index in [0.717, 1.165) is 5.56 Å². The van der Waals surface area contributed by atoms with Gasteiger partial charge in [0.1, 0.15) is 6.10 Å². The van der Waals surface area contributed by atoms with E-state index in [1.165, 1.54) is 0 Å². The molecule has 2 nitrogen and oxygen atoms in total. The molecule has 1 aliphatic heterocycles. The van der Waals surface area contributed by atoms with Crippen LogP contribution < -0.4 is 0 Å². The lowest BCUT2D eigenvalue weighted by Gasteiger charge is -2.18. The molecule has 0 saturated carbocycles. The molecule has 0 bridgehead atoms. The highest BCUT2D eigenvalue weighted by molar-refractivity contribution is 6.22. The molecule has 1 aliphatic rings. The van der Waals surface area contributed by atoms with Gasteiger partial charge in [-0.3, -0.25) is 0 Å². The van der Waals surface area contributed by atoms with Crippen molar-refractivity contribution in [3.05, 3.63) is 35.9 Å². The Hall–Kier alpha value is -0.710. The molecule has 0 amide bonds. The number of hydrogen-bond acceptors (Lipinski definition) is 2. The third-order valence-corrected chi connectivity index (χ3v) is 3.24. The van der Waals surface area contributed by atoms with Gasteiger partial charge in [-0.05, 0) is 36.9 Å². The third-order valence-electron chi connectivity index (χ3n) is 2.98. The van der Waals surface area contributed by atoms with E-state index in [2.05, 4.69) is 0 Å². The molecule has 0 unspecified atom stereocenters. The number of alkyl halides is 3. The van der Waals surface area contributed by atoms with Gasteiger partial charge >= 0.3 is 5.38 Å². The first-order chi connectivity index (χ1) is 8.49. The smallest absolute Gasteiger partial charge is 0.342 e. The predicted molar refractivity (Wildman–Crippen MR) is 64.8 cm³/mol. The summed E-state index contributed by atoms with van der Waals surface area (Å²) >= 11 is 5.06. The van der Waals surface area contributed by atoms with Gasteiger partial charge in [0.25, 0.3) is 5.79 Å². The zero-order chi connectivity index (χ0) is 13.2. The minimum absolute atomic E-state index is 0.143. The second-order valence-electron chi connectivity index (χ2n) is 4.23. The number of benzene rings is 1. The van der Waals surface area contributed by atoms with Gasteiger partial charge in [0.15, 0.2) is 0 Å². The summed E-state index contributed by atoms with van der Waals surface area (Å²) in [6.07, 6.45) is 0.477. The Labute approximate surface area is 110 Å². The molecule has 1 aromatic carbocycles. The molecule has 1 aromatic rings. The summed E-state index contributed by atoms with van der Waals surface area (Å²) in [5.41, 5.74) is 1.08. The van der Waals surface area contributed by atoms with E-state index < -0.39 is 17.3 Å². The monoisotopic (exact) mass is 276 g/mol. The predicted octanol–water partition coefficient (Wildman–Crippen LogP) is 3.58. The molecule has 0 spiro atoms. The average Bonchev–Trinajstić information content (AvgIpc) is 3.03. The van der Waals surface area contributed by atoms with E-state index in [-0.39, 0.29) is 6.61 Å². The number of halogens is 3. The van der Waals surface area contributed by atoms with E-state index in [9.17, 15) is 8.78 Å². The van der Waals surface area contributed by atoms with E-state index in [1.54, 1.807) is 6.92 Å². The van der Waals surface area contributed by atoms with Crippen LogP contribution in [-0.2, 0) is 15.9 Å². The molecule has 1 fully saturated rings. The van der Waals surface area contributed by atoms with Crippen LogP contribution in [0.1, 0.15) is 18.9 Å². The van der Waals surface area contributed by atoms with Crippen molar-refractivity contribution in [3.63, 3.8) is 0 Å². The first kappa shape index (κ1) is 13.7. The summed E-state index contributed by atoms with van der Waals surface area (Å²) in [6.45, 7) is 1.78. The zero-order valence-electron chi connectivity index (χ0n) is 10.0. The van der Waals surface area contributed by atoms with Gasteiger partial charge in [-0.15, -0.1) is 0 Å². The second kappa shape index (κ2) is 5.11. The van der Waals surface area contributed by atoms with Gasteiger partial charge in [-0.25, -0.2) is 0 Å². The lowest BCUT2D eigenvalue weighted by Crippen LogP contribution is -2.37. The molecule has 2 rings (SSSR count). The zero-order valence-corrected chi connectivity index (χ0v) is 10.8. The first-order valence-corrected chi connectivity index (χ1v) is 6.30. The molecule has 18 heavy (non-hydrogen) atoms. The Bertz CT molecular complexity index is 394. The van der Waals surface area contributed by atoms with Gasteiger partial charge in [0, 0.05) is 6.61 Å². The van der Waals surface area contributed by atoms with Gasteiger partial charge in [-0.1, -0.05) is 30.3 Å². The average molecular weight is 277 g/mol. The van der Waals surface area contributed by atoms with Gasteiger partial charge in [-0.2, -0.15) is 8.78 Å². The van der Waals surface area contributed by atoms with Crippen molar-refractivity contribution in [2.45, 2.75) is 37.0 Å². The number of rotatable bonds is 6. The van der Waals surface area contributed by atoms with Crippen molar-refractivity contribution >= 4 is 11.6 Å². The van der Waals surface area contributed by atoms with Crippen molar-refractivity contribution in [3.8, 4) is 0 Å². The fourth-order valence-corrected chi connectivity index (χ4v) is 2.26. The topological polar surface area (TPSA) is 21.8 Å². The maximum atomic E-state index is 13.2. The Morgan fingerprint density at radius 2 is 2.06 bits per heavy atom. The molecule has 0 N–H and O–H groups in total. The first-order valence-electron chi connectivity index (χ1n) is 5.92. The van der Waals surface area contributed by atoms with Crippen LogP contribution in [0.3, 0.4) is 0 Å². The summed E-state index contributed by atoms with van der Waals surface area (Å²) in [5, 5.41) is -3.50. The molecule has 5 heteroatoms. The van der Waals surface area contributed by atoms with E-state index in [1.807, 2.05) is 30.3 Å². The highest BCUT2D eigenvalue weighted by atomic mass is 35.5. The lowest BCUT2D eigenvalue weighted by molar-refractivity contribution is -0.155. The molecule has 0 aliphatic carbocycles. The minimum Gasteiger partial charge on any atom is -0.342 e. The van der Waals surface area contributed by atoms with Crippen molar-refractivity contribution in [1.29, 1.82) is 0 Å². The van der Waals surface area contributed by atoms with Crippen LogP contribution in [0, 0.1) is 0 Å². The highest BCUT2D eigenvalue weighted by Gasteiger charge is 2.72. The van der Waals surface area contributed by atoms with Crippen molar-refractivity contribution in [2.75, 3.05) is 6.61 Å². The molecule has 0 radical (unpaired) electrons. The molecule has 2 atom stereocenters. The quantitative estimate of drug-likeness (QED) is 0.585. The minimum atomic E-state index is -3.50. The third kappa shape index (κ3) is 2.66. The number of hydrogen-bond donors (Lipinski definition) is 0. The van der Waals surface area contributed by atoms with Crippen LogP contribution in [0.25, 0.3) is 0 Å².